The minimum absolute atomic E-state index is 0.0855. The van der Waals surface area contributed by atoms with Crippen molar-refractivity contribution in [3.8, 4) is 0 Å². The fourth-order valence-electron chi connectivity index (χ4n) is 3.55. The molecule has 1 aliphatic rings. The number of piperidine rings is 1. The number of aromatic nitrogens is 1. The Kier molecular flexibility index (Phi) is 5.26. The molecule has 0 radical (unpaired) electrons. The van der Waals surface area contributed by atoms with Crippen molar-refractivity contribution in [3.05, 3.63) is 35.4 Å². The van der Waals surface area contributed by atoms with Crippen molar-refractivity contribution in [3.63, 3.8) is 0 Å². The summed E-state index contributed by atoms with van der Waals surface area (Å²) in [5.41, 5.74) is 3.66. The van der Waals surface area contributed by atoms with E-state index in [4.69, 9.17) is 4.98 Å². The number of aryl methyl sites for hydroxylation is 2. The van der Waals surface area contributed by atoms with E-state index in [9.17, 15) is 4.79 Å². The second kappa shape index (κ2) is 7.42. The molecule has 1 fully saturated rings. The number of anilines is 1. The van der Waals surface area contributed by atoms with Crippen LogP contribution in [-0.2, 0) is 11.2 Å². The molecule has 134 valence electrons. The molecule has 1 saturated heterocycles. The summed E-state index contributed by atoms with van der Waals surface area (Å²) in [5.74, 6) is 1.30. The summed E-state index contributed by atoms with van der Waals surface area (Å²) in [6, 6.07) is 9.06. The Morgan fingerprint density at radius 3 is 2.64 bits per heavy atom. The highest BCUT2D eigenvalue weighted by Gasteiger charge is 2.24. The molecule has 0 spiro atoms. The third-order valence-electron chi connectivity index (χ3n) is 5.14. The molecular weight excluding hydrogens is 310 g/mol. The van der Waals surface area contributed by atoms with Crippen molar-refractivity contribution in [1.29, 1.82) is 0 Å². The van der Waals surface area contributed by atoms with Gasteiger partial charge in [-0.3, -0.25) is 4.79 Å². The lowest BCUT2D eigenvalue weighted by Crippen LogP contribution is -2.44. The summed E-state index contributed by atoms with van der Waals surface area (Å²) in [4.78, 5) is 18.9. The Labute approximate surface area is 150 Å². The normalized spacial score (nSPS) is 15.8. The van der Waals surface area contributed by atoms with E-state index in [2.05, 4.69) is 43.4 Å². The quantitative estimate of drug-likeness (QED) is 0.909. The number of likely N-dealkylation sites (tertiary alicyclic amines) is 1. The number of hydrogen-bond donors (Lipinski definition) is 1. The molecule has 0 saturated carbocycles. The van der Waals surface area contributed by atoms with Gasteiger partial charge >= 0.3 is 0 Å². The average Bonchev–Trinajstić information content (AvgIpc) is 2.61. The first-order valence-corrected chi connectivity index (χ1v) is 9.43. The number of fused-ring (bicyclic) bond motifs is 1. The minimum Gasteiger partial charge on any atom is -0.367 e. The van der Waals surface area contributed by atoms with E-state index in [1.807, 2.05) is 18.7 Å². The molecular formula is C21H29N3O. The zero-order valence-corrected chi connectivity index (χ0v) is 15.8. The summed E-state index contributed by atoms with van der Waals surface area (Å²) >= 11 is 0. The van der Waals surface area contributed by atoms with Crippen LogP contribution >= 0.6 is 0 Å². The van der Waals surface area contributed by atoms with Gasteiger partial charge in [-0.1, -0.05) is 26.8 Å². The monoisotopic (exact) mass is 339 g/mol. The number of benzene rings is 1. The highest BCUT2D eigenvalue weighted by atomic mass is 16.2. The number of nitrogens with zero attached hydrogens (tertiary/aromatic N) is 2. The molecule has 0 aliphatic carbocycles. The number of nitrogens with one attached hydrogen (secondary N) is 1. The maximum absolute atomic E-state index is 12.1. The smallest absolute Gasteiger partial charge is 0.225 e. The van der Waals surface area contributed by atoms with E-state index in [0.717, 1.165) is 43.7 Å². The number of hydrogen-bond acceptors (Lipinski definition) is 3. The van der Waals surface area contributed by atoms with Crippen LogP contribution in [0.2, 0.25) is 0 Å². The van der Waals surface area contributed by atoms with Crippen LogP contribution in [0.4, 0.5) is 5.82 Å². The van der Waals surface area contributed by atoms with E-state index in [-0.39, 0.29) is 11.8 Å². The van der Waals surface area contributed by atoms with Crippen LogP contribution < -0.4 is 5.32 Å². The molecule has 1 aromatic heterocycles. The van der Waals surface area contributed by atoms with Crippen LogP contribution in [0, 0.1) is 12.8 Å². The first kappa shape index (κ1) is 17.7. The summed E-state index contributed by atoms with van der Waals surface area (Å²) < 4.78 is 0. The van der Waals surface area contributed by atoms with Crippen LogP contribution in [0.1, 0.15) is 44.7 Å². The summed E-state index contributed by atoms with van der Waals surface area (Å²) in [6.45, 7) is 9.94. The zero-order chi connectivity index (χ0) is 18.0. The topological polar surface area (TPSA) is 45.2 Å². The standard InChI is InChI=1S/C21H29N3O/c1-5-16-6-7-19-18(13-16)15(4)12-20(23-19)22-17-8-10-24(11-9-17)21(25)14(2)3/h6-7,12-14,17H,5,8-11H2,1-4H3,(H,22,23). The van der Waals surface area contributed by atoms with E-state index < -0.39 is 0 Å². The molecule has 2 aromatic rings. The third kappa shape index (κ3) is 3.94. The molecule has 1 aliphatic heterocycles. The molecule has 1 N–H and O–H groups in total. The maximum Gasteiger partial charge on any atom is 0.225 e. The highest BCUT2D eigenvalue weighted by Crippen LogP contribution is 2.24. The van der Waals surface area contributed by atoms with Crippen LogP contribution in [-0.4, -0.2) is 34.9 Å². The number of amides is 1. The van der Waals surface area contributed by atoms with E-state index >= 15 is 0 Å². The number of carbonyl (C=O) groups is 1. The van der Waals surface area contributed by atoms with Gasteiger partial charge in [-0.25, -0.2) is 4.98 Å². The Hall–Kier alpha value is -2.10. The first-order valence-electron chi connectivity index (χ1n) is 9.43. The van der Waals surface area contributed by atoms with Gasteiger partial charge < -0.3 is 10.2 Å². The van der Waals surface area contributed by atoms with E-state index in [0.29, 0.717) is 6.04 Å². The van der Waals surface area contributed by atoms with Crippen LogP contribution in [0.5, 0.6) is 0 Å². The Balaban J connectivity index is 1.69. The SMILES string of the molecule is CCc1ccc2nc(NC3CCN(C(=O)C(C)C)CC3)cc(C)c2c1. The Morgan fingerprint density at radius 1 is 1.28 bits per heavy atom. The molecule has 1 amide bonds. The van der Waals surface area contributed by atoms with Gasteiger partial charge in [-0.05, 0) is 55.5 Å². The highest BCUT2D eigenvalue weighted by molar-refractivity contribution is 5.84. The molecule has 3 rings (SSSR count). The van der Waals surface area contributed by atoms with Crippen molar-refractivity contribution in [2.24, 2.45) is 5.92 Å². The molecule has 0 atom stereocenters. The average molecular weight is 339 g/mol. The minimum atomic E-state index is 0.0855. The molecule has 25 heavy (non-hydrogen) atoms. The summed E-state index contributed by atoms with van der Waals surface area (Å²) in [5, 5.41) is 4.82. The van der Waals surface area contributed by atoms with E-state index in [1.54, 1.807) is 0 Å². The fraction of sp³-hybridized carbons (Fsp3) is 0.524. The van der Waals surface area contributed by atoms with Crippen molar-refractivity contribution in [1.82, 2.24) is 9.88 Å². The van der Waals surface area contributed by atoms with Crippen molar-refractivity contribution >= 4 is 22.6 Å². The van der Waals surface area contributed by atoms with Gasteiger partial charge in [-0.2, -0.15) is 0 Å². The van der Waals surface area contributed by atoms with Crippen molar-refractivity contribution in [2.45, 2.75) is 53.0 Å². The summed E-state index contributed by atoms with van der Waals surface area (Å²) in [7, 11) is 0. The van der Waals surface area contributed by atoms with Crippen LogP contribution in [0.15, 0.2) is 24.3 Å². The molecule has 0 unspecified atom stereocenters. The fourth-order valence-corrected chi connectivity index (χ4v) is 3.55. The maximum atomic E-state index is 12.1. The van der Waals surface area contributed by atoms with Gasteiger partial charge in [0, 0.05) is 30.4 Å². The van der Waals surface area contributed by atoms with Crippen LogP contribution in [0.3, 0.4) is 0 Å². The van der Waals surface area contributed by atoms with Gasteiger partial charge in [-0.15, -0.1) is 0 Å². The molecule has 4 heteroatoms. The lowest BCUT2D eigenvalue weighted by atomic mass is 10.0. The second-order valence-corrected chi connectivity index (χ2v) is 7.43. The van der Waals surface area contributed by atoms with Gasteiger partial charge in [0.05, 0.1) is 5.52 Å². The number of carbonyl (C=O) groups excluding carboxylic acids is 1. The molecule has 1 aromatic carbocycles. The third-order valence-corrected chi connectivity index (χ3v) is 5.14. The van der Waals surface area contributed by atoms with Crippen LogP contribution in [0.25, 0.3) is 10.9 Å². The second-order valence-electron chi connectivity index (χ2n) is 7.43. The molecule has 4 nitrogen and oxygen atoms in total. The van der Waals surface area contributed by atoms with Crippen molar-refractivity contribution < 1.29 is 4.79 Å². The largest absolute Gasteiger partial charge is 0.367 e. The Morgan fingerprint density at radius 2 is 2.00 bits per heavy atom. The predicted molar refractivity (Wildman–Crippen MR) is 104 cm³/mol. The van der Waals surface area contributed by atoms with Gasteiger partial charge in [0.2, 0.25) is 5.91 Å². The lowest BCUT2D eigenvalue weighted by molar-refractivity contribution is -0.135. The Bertz CT molecular complexity index is 761. The van der Waals surface area contributed by atoms with Gasteiger partial charge in [0.25, 0.3) is 0 Å². The summed E-state index contributed by atoms with van der Waals surface area (Å²) in [6.07, 6.45) is 3.00. The van der Waals surface area contributed by atoms with E-state index in [1.165, 1.54) is 16.5 Å². The lowest BCUT2D eigenvalue weighted by Gasteiger charge is -2.33. The van der Waals surface area contributed by atoms with Gasteiger partial charge in [0.1, 0.15) is 5.82 Å². The molecule has 2 heterocycles. The number of pyridine rings is 1. The van der Waals surface area contributed by atoms with Crippen molar-refractivity contribution in [2.75, 3.05) is 18.4 Å². The molecule has 0 bridgehead atoms. The van der Waals surface area contributed by atoms with Gasteiger partial charge in [0.15, 0.2) is 0 Å². The predicted octanol–water partition coefficient (Wildman–Crippen LogP) is 4.16. The zero-order valence-electron chi connectivity index (χ0n) is 15.8. The number of rotatable bonds is 4. The first-order chi connectivity index (χ1) is 12.0.